The molecule has 1 amide bonds. The minimum atomic E-state index is -0.0715. The van der Waals surface area contributed by atoms with Gasteiger partial charge in [0.25, 0.3) is 5.91 Å². The third-order valence-corrected chi connectivity index (χ3v) is 5.20. The van der Waals surface area contributed by atoms with Gasteiger partial charge < -0.3 is 10.1 Å². The maximum atomic E-state index is 12.4. The van der Waals surface area contributed by atoms with Crippen molar-refractivity contribution < 1.29 is 9.53 Å². The van der Waals surface area contributed by atoms with Gasteiger partial charge in [-0.2, -0.15) is 0 Å². The number of alkyl halides is 1. The van der Waals surface area contributed by atoms with Crippen LogP contribution < -0.4 is 10.1 Å². The average molecular weight is 342 g/mol. The van der Waals surface area contributed by atoms with E-state index in [1.807, 2.05) is 25.1 Å². The molecule has 0 heterocycles. The van der Waals surface area contributed by atoms with Crippen LogP contribution in [0.5, 0.6) is 5.75 Å². The normalized spacial score (nSPS) is 11.2. The van der Waals surface area contributed by atoms with Crippen molar-refractivity contribution in [1.82, 2.24) is 5.32 Å². The Balaban J connectivity index is 2.84. The highest BCUT2D eigenvalue weighted by atomic mass is 79.9. The summed E-state index contributed by atoms with van der Waals surface area (Å²) in [6.45, 7) is 6.95. The first-order valence-corrected chi connectivity index (χ1v) is 8.13. The third kappa shape index (κ3) is 3.98. The van der Waals surface area contributed by atoms with Crippen molar-refractivity contribution in [2.45, 2.75) is 33.6 Å². The molecule has 0 aromatic heterocycles. The minimum absolute atomic E-state index is 0.0715. The zero-order chi connectivity index (χ0) is 15.2. The second kappa shape index (κ2) is 7.67. The average Bonchev–Trinajstić information content (AvgIpc) is 2.49. The molecular formula is C16H24BrNO2. The number of nitrogens with one attached hydrogen (secondary N) is 1. The first-order valence-electron chi connectivity index (χ1n) is 7.00. The van der Waals surface area contributed by atoms with Gasteiger partial charge in [-0.05, 0) is 37.3 Å². The molecule has 1 rings (SSSR count). The summed E-state index contributed by atoms with van der Waals surface area (Å²) < 4.78 is 5.26. The molecule has 1 aromatic carbocycles. The topological polar surface area (TPSA) is 38.3 Å². The minimum Gasteiger partial charge on any atom is -0.496 e. The smallest absolute Gasteiger partial charge is 0.255 e. The van der Waals surface area contributed by atoms with Crippen LogP contribution >= 0.6 is 15.9 Å². The van der Waals surface area contributed by atoms with Crippen LogP contribution in [0.2, 0.25) is 0 Å². The molecule has 0 aliphatic carbocycles. The number of aryl methyl sites for hydroxylation is 1. The number of methoxy groups -OCH3 is 1. The van der Waals surface area contributed by atoms with Gasteiger partial charge in [0, 0.05) is 11.9 Å². The highest BCUT2D eigenvalue weighted by Crippen LogP contribution is 2.28. The van der Waals surface area contributed by atoms with Gasteiger partial charge in [-0.25, -0.2) is 0 Å². The number of carbonyl (C=O) groups excluding carboxylic acids is 1. The number of hydrogen-bond acceptors (Lipinski definition) is 2. The van der Waals surface area contributed by atoms with Crippen LogP contribution in [0.1, 0.15) is 42.6 Å². The predicted molar refractivity (Wildman–Crippen MR) is 86.9 cm³/mol. The number of benzene rings is 1. The maximum absolute atomic E-state index is 12.4. The largest absolute Gasteiger partial charge is 0.496 e. The van der Waals surface area contributed by atoms with E-state index in [1.165, 1.54) is 0 Å². The Morgan fingerprint density at radius 2 is 2.00 bits per heavy atom. The highest BCUT2D eigenvalue weighted by molar-refractivity contribution is 9.09. The Labute approximate surface area is 130 Å². The lowest BCUT2D eigenvalue weighted by molar-refractivity contribution is 0.0929. The van der Waals surface area contributed by atoms with Gasteiger partial charge in [0.2, 0.25) is 0 Å². The first-order chi connectivity index (χ1) is 9.51. The number of hydrogen-bond donors (Lipinski definition) is 1. The second-order valence-electron chi connectivity index (χ2n) is 5.23. The van der Waals surface area contributed by atoms with Crippen LogP contribution in [-0.2, 0) is 0 Å². The summed E-state index contributed by atoms with van der Waals surface area (Å²) in [7, 11) is 1.59. The van der Waals surface area contributed by atoms with E-state index >= 15 is 0 Å². The van der Waals surface area contributed by atoms with Gasteiger partial charge in [-0.3, -0.25) is 4.79 Å². The molecule has 0 unspecified atom stereocenters. The summed E-state index contributed by atoms with van der Waals surface area (Å²) in [4.78, 5) is 12.4. The molecule has 4 heteroatoms. The van der Waals surface area contributed by atoms with E-state index in [2.05, 4.69) is 35.1 Å². The molecular weight excluding hydrogens is 318 g/mol. The van der Waals surface area contributed by atoms with Crippen molar-refractivity contribution in [1.29, 1.82) is 0 Å². The Kier molecular flexibility index (Phi) is 6.53. The number of halogens is 1. The van der Waals surface area contributed by atoms with Crippen LogP contribution in [-0.4, -0.2) is 24.9 Å². The second-order valence-corrected chi connectivity index (χ2v) is 5.79. The summed E-state index contributed by atoms with van der Waals surface area (Å²) in [5.74, 6) is 0.545. The van der Waals surface area contributed by atoms with Crippen LogP contribution in [0.25, 0.3) is 0 Å². The van der Waals surface area contributed by atoms with Gasteiger partial charge in [0.1, 0.15) is 5.75 Å². The molecule has 0 radical (unpaired) electrons. The molecule has 0 spiro atoms. The van der Waals surface area contributed by atoms with Crippen LogP contribution in [0.4, 0.5) is 0 Å². The van der Waals surface area contributed by atoms with E-state index in [1.54, 1.807) is 7.11 Å². The van der Waals surface area contributed by atoms with Gasteiger partial charge >= 0.3 is 0 Å². The fraction of sp³-hybridized carbons (Fsp3) is 0.562. The van der Waals surface area contributed by atoms with Crippen molar-refractivity contribution in [3.05, 3.63) is 29.3 Å². The van der Waals surface area contributed by atoms with E-state index in [0.29, 0.717) is 17.9 Å². The van der Waals surface area contributed by atoms with Crippen LogP contribution in [0, 0.1) is 12.3 Å². The summed E-state index contributed by atoms with van der Waals surface area (Å²) in [6, 6.07) is 5.64. The summed E-state index contributed by atoms with van der Waals surface area (Å²) in [5.41, 5.74) is 1.77. The molecule has 0 atom stereocenters. The zero-order valence-electron chi connectivity index (χ0n) is 12.8. The Morgan fingerprint density at radius 3 is 2.50 bits per heavy atom. The van der Waals surface area contributed by atoms with Crippen molar-refractivity contribution in [3.63, 3.8) is 0 Å². The zero-order valence-corrected chi connectivity index (χ0v) is 14.3. The number of rotatable bonds is 7. The van der Waals surface area contributed by atoms with E-state index in [4.69, 9.17) is 4.74 Å². The van der Waals surface area contributed by atoms with Crippen molar-refractivity contribution in [3.8, 4) is 5.75 Å². The van der Waals surface area contributed by atoms with E-state index in [9.17, 15) is 4.79 Å². The van der Waals surface area contributed by atoms with Crippen LogP contribution in [0.15, 0.2) is 18.2 Å². The summed E-state index contributed by atoms with van der Waals surface area (Å²) in [6.07, 6.45) is 2.06. The Hall–Kier alpha value is -1.03. The molecule has 0 aliphatic heterocycles. The number of carbonyl (C=O) groups is 1. The van der Waals surface area contributed by atoms with Gasteiger partial charge in [-0.1, -0.05) is 41.4 Å². The molecule has 1 aromatic rings. The molecule has 0 fully saturated rings. The molecule has 112 valence electrons. The van der Waals surface area contributed by atoms with Crippen molar-refractivity contribution in [2.75, 3.05) is 19.0 Å². The lowest BCUT2D eigenvalue weighted by Crippen LogP contribution is -2.38. The number of amides is 1. The Bertz CT molecular complexity index is 448. The summed E-state index contributed by atoms with van der Waals surface area (Å²) >= 11 is 3.56. The Morgan fingerprint density at radius 1 is 1.35 bits per heavy atom. The third-order valence-electron chi connectivity index (χ3n) is 4.01. The molecule has 0 saturated heterocycles. The monoisotopic (exact) mass is 341 g/mol. The first kappa shape index (κ1) is 17.0. The van der Waals surface area contributed by atoms with Gasteiger partial charge in [0.15, 0.2) is 0 Å². The predicted octanol–water partition coefficient (Wildman–Crippen LogP) is 3.93. The molecule has 0 aliphatic rings. The van der Waals surface area contributed by atoms with E-state index in [-0.39, 0.29) is 11.3 Å². The molecule has 0 bridgehead atoms. The van der Waals surface area contributed by atoms with E-state index in [0.717, 1.165) is 23.7 Å². The molecule has 3 nitrogen and oxygen atoms in total. The number of ether oxygens (including phenoxy) is 1. The fourth-order valence-corrected chi connectivity index (χ4v) is 3.09. The quantitative estimate of drug-likeness (QED) is 0.763. The standard InChI is InChI=1S/C16H24BrNO2/c1-5-16(6-2,10-17)11-18-15(19)13-9-12(3)7-8-14(13)20-4/h7-9H,5-6,10-11H2,1-4H3,(H,18,19). The fourth-order valence-electron chi connectivity index (χ4n) is 2.10. The van der Waals surface area contributed by atoms with Crippen LogP contribution in [0.3, 0.4) is 0 Å². The highest BCUT2D eigenvalue weighted by Gasteiger charge is 2.26. The molecule has 20 heavy (non-hydrogen) atoms. The lowest BCUT2D eigenvalue weighted by atomic mass is 9.84. The van der Waals surface area contributed by atoms with Crippen molar-refractivity contribution >= 4 is 21.8 Å². The van der Waals surface area contributed by atoms with E-state index < -0.39 is 0 Å². The van der Waals surface area contributed by atoms with Gasteiger partial charge in [0.05, 0.1) is 12.7 Å². The maximum Gasteiger partial charge on any atom is 0.255 e. The van der Waals surface area contributed by atoms with Gasteiger partial charge in [-0.15, -0.1) is 0 Å². The summed E-state index contributed by atoms with van der Waals surface area (Å²) in [5, 5.41) is 3.93. The SMILES string of the molecule is CCC(CC)(CBr)CNC(=O)c1cc(C)ccc1OC. The molecule has 0 saturated carbocycles. The van der Waals surface area contributed by atoms with Crippen molar-refractivity contribution in [2.24, 2.45) is 5.41 Å². The lowest BCUT2D eigenvalue weighted by Gasteiger charge is -2.29. The molecule has 1 N–H and O–H groups in total.